The van der Waals surface area contributed by atoms with E-state index >= 15 is 0 Å². The highest BCUT2D eigenvalue weighted by Gasteiger charge is 2.81. The van der Waals surface area contributed by atoms with Crippen molar-refractivity contribution in [2.45, 2.75) is 140 Å². The molecule has 60 heteroatoms. The molecule has 0 bridgehead atoms. The fourth-order valence-corrected chi connectivity index (χ4v) is 9.26. The number of benzene rings is 2. The molecule has 0 aliphatic carbocycles. The van der Waals surface area contributed by atoms with Crippen molar-refractivity contribution in [2.24, 2.45) is 0 Å². The summed E-state index contributed by atoms with van der Waals surface area (Å²) in [4.78, 5) is 87.9. The molecule has 6 heterocycles. The maximum atomic E-state index is 13.5. The van der Waals surface area contributed by atoms with Crippen molar-refractivity contribution in [1.82, 2.24) is 21.3 Å². The first-order valence-corrected chi connectivity index (χ1v) is 30.5. The Morgan fingerprint density at radius 2 is 0.793 bits per heavy atom. The first kappa shape index (κ1) is 105. The number of hydrogen-bond acceptors (Lipinski definition) is 17. The van der Waals surface area contributed by atoms with Crippen molar-refractivity contribution in [1.29, 1.82) is 0 Å². The Labute approximate surface area is 646 Å². The second kappa shape index (κ2) is 35.0. The third-order valence-corrected chi connectivity index (χ3v) is 15.8. The number of carboxylic acid groups (broad SMARTS) is 1. The van der Waals surface area contributed by atoms with E-state index in [-0.39, 0.29) is 23.3 Å². The van der Waals surface area contributed by atoms with E-state index in [4.69, 9.17) is 10.2 Å². The van der Waals surface area contributed by atoms with E-state index < -0.39 is 262 Å². The van der Waals surface area contributed by atoms with Gasteiger partial charge in [0.1, 0.15) is 5.75 Å². The fraction of sp³-hybridized carbons (Fsp3) is 0.475. The summed E-state index contributed by atoms with van der Waals surface area (Å²) in [7, 11) is 0. The number of halogens is 36. The molecule has 8 N–H and O–H groups in total. The second-order valence-corrected chi connectivity index (χ2v) is 24.6. The summed E-state index contributed by atoms with van der Waals surface area (Å²) in [6, 6.07) is 5.13. The van der Waals surface area contributed by atoms with Gasteiger partial charge < -0.3 is 70.1 Å². The van der Waals surface area contributed by atoms with Crippen molar-refractivity contribution < 1.29 is 245 Å². The minimum absolute atomic E-state index is 0.00417. The Hall–Kier alpha value is -10.2. The van der Waals surface area contributed by atoms with Gasteiger partial charge in [0.05, 0.1) is 58.2 Å². The van der Waals surface area contributed by atoms with E-state index in [2.05, 4.69) is 67.9 Å². The van der Waals surface area contributed by atoms with Gasteiger partial charge in [-0.25, -0.2) is 4.79 Å². The van der Waals surface area contributed by atoms with Crippen LogP contribution < -0.4 is 31.1 Å². The molecule has 2 aromatic carbocycles. The predicted octanol–water partition coefficient (Wildman–Crippen LogP) is 11.6. The molecule has 6 amide bonds. The zero-order chi connectivity index (χ0) is 95.0. The fourth-order valence-electron chi connectivity index (χ4n) is 9.26. The number of alkyl halides is 36. The number of carboxylic acids is 1. The summed E-state index contributed by atoms with van der Waals surface area (Å²) < 4.78 is 486. The molecule has 5 unspecified atom stereocenters. The van der Waals surface area contributed by atoms with Crippen molar-refractivity contribution in [3.05, 3.63) is 127 Å². The van der Waals surface area contributed by atoms with Gasteiger partial charge in [0.15, 0.2) is 5.60 Å². The third-order valence-electron chi connectivity index (χ3n) is 15.8. The molecule has 0 spiro atoms. The van der Waals surface area contributed by atoms with E-state index in [0.29, 0.717) is 37.3 Å². The van der Waals surface area contributed by atoms with Gasteiger partial charge in [-0.1, -0.05) is 57.7 Å². The predicted molar refractivity (Wildman–Crippen MR) is 319 cm³/mol. The van der Waals surface area contributed by atoms with Crippen molar-refractivity contribution in [3.8, 4) is 5.75 Å². The monoisotopic (exact) mass is 1840 g/mol. The lowest BCUT2D eigenvalue weighted by Gasteiger charge is -2.47. The lowest BCUT2D eigenvalue weighted by atomic mass is 9.89. The maximum Gasteiger partial charge on any atom is 0.450 e. The van der Waals surface area contributed by atoms with Crippen LogP contribution in [-0.4, -0.2) is 222 Å². The van der Waals surface area contributed by atoms with Crippen LogP contribution >= 0.6 is 0 Å². The number of carbonyl (C=O) groups excluding carboxylic acids is 7. The van der Waals surface area contributed by atoms with E-state index in [9.17, 15) is 207 Å². The van der Waals surface area contributed by atoms with Crippen LogP contribution in [0.1, 0.15) is 25.3 Å². The lowest BCUT2D eigenvalue weighted by Crippen LogP contribution is -2.73. The minimum atomic E-state index is -6.51. The third kappa shape index (κ3) is 22.0. The molecule has 682 valence electrons. The molecule has 0 radical (unpaired) electrons. The van der Waals surface area contributed by atoms with Crippen molar-refractivity contribution in [3.63, 3.8) is 0 Å². The molecule has 2 aromatic rings. The number of phenols is 1. The van der Waals surface area contributed by atoms with Gasteiger partial charge in [-0.2, -0.15) is 158 Å². The minimum Gasteiger partial charge on any atom is -0.508 e. The molecule has 6 fully saturated rings. The summed E-state index contributed by atoms with van der Waals surface area (Å²) in [6.07, 6.45) is -76.3. The normalized spacial score (nSPS) is 23.1. The van der Waals surface area contributed by atoms with Gasteiger partial charge >= 0.3 is 97.3 Å². The zero-order valence-corrected chi connectivity index (χ0v) is 58.6. The van der Waals surface area contributed by atoms with Crippen LogP contribution in [0, 0.1) is 0 Å². The van der Waals surface area contributed by atoms with Crippen LogP contribution in [0.3, 0.4) is 0 Å². The number of aliphatic carboxylic acids is 1. The number of phenolic OH excluding ortho intramolecular Hbond substituents is 1. The van der Waals surface area contributed by atoms with E-state index in [1.54, 1.807) is 5.32 Å². The molecule has 6 saturated heterocycles. The van der Waals surface area contributed by atoms with Crippen LogP contribution in [-0.2, 0) is 72.4 Å². The Kier molecular flexibility index (Phi) is 30.3. The molecular formula is C61H48F36N6O18. The Morgan fingerprint density at radius 1 is 0.438 bits per heavy atom. The highest BCUT2D eigenvalue weighted by Crippen LogP contribution is 2.56. The van der Waals surface area contributed by atoms with Crippen LogP contribution in [0.15, 0.2) is 121 Å². The number of Topliss-reactive ketones (excluding diaryl/α,β-unsaturated/α-hetero) is 1. The van der Waals surface area contributed by atoms with E-state index in [1.807, 2.05) is 0 Å². The summed E-state index contributed by atoms with van der Waals surface area (Å²) in [5, 5.41) is 41.2. The average molecular weight is 1840 g/mol. The first-order chi connectivity index (χ1) is 53.8. The Morgan fingerprint density at radius 3 is 1.11 bits per heavy atom. The number of anilines is 2. The summed E-state index contributed by atoms with van der Waals surface area (Å²) in [6.45, 7) is 12.9. The van der Waals surface area contributed by atoms with E-state index in [0.717, 1.165) is 23.5 Å². The standard InChI is InChI=1S/C16H12F9NO3.C13H9F6NO3.C10H8F9NO3.C9H7F6NO3.C7H6F3NO4.C6H6F3NO2/c1-8-7-29-13(15(20,21)22,16(23,24)25)26(11(8)27)10-5-3-9(4-6-10)12(2,28)14(17,18)19;1-7-6-23-11(12(14,15)16,13(17,18)19)20(10(7)22)8-3-2-4-9(21)5-8;1-4-2-23-7(10(17,18)19,20-5(4)21)3-6(22,8(11,12)13)9(14,15)16;1-4-3-19-7(9(13,14)15,16-6(4)18)2-5(17)8(10,11)12;1-3-2-15-6(5(13)14,7(8,9)10)11-4(3)12;1-3-2-12-5(6(7,8)9)10-4(3)11/h3-6,28H,1,7H2,2H3;2-5,21H,1,6H2;22H,1-3H2,(H,20,21);1-3H2,(H,16,18);1-2H2,(H,11,12)(H,13,14);5H,1-2H2,(H,10,11). The van der Waals surface area contributed by atoms with Crippen LogP contribution in [0.4, 0.5) is 169 Å². The number of rotatable bonds is 8. The smallest absolute Gasteiger partial charge is 0.450 e. The molecule has 5 atom stereocenters. The Balaban J connectivity index is 0.000000382. The summed E-state index contributed by atoms with van der Waals surface area (Å²) >= 11 is 0. The van der Waals surface area contributed by atoms with Gasteiger partial charge in [0.2, 0.25) is 23.5 Å². The first-order valence-electron chi connectivity index (χ1n) is 30.5. The number of nitrogens with zero attached hydrogens (tertiary/aromatic N) is 2. The molecule has 6 aliphatic rings. The van der Waals surface area contributed by atoms with Gasteiger partial charge in [0.25, 0.3) is 41.0 Å². The van der Waals surface area contributed by atoms with Crippen LogP contribution in [0.25, 0.3) is 0 Å². The molecule has 24 nitrogen and oxygen atoms in total. The van der Waals surface area contributed by atoms with Gasteiger partial charge in [0, 0.05) is 45.2 Å². The SMILES string of the molecule is C=C1COC(C(=O)O)(C(F)(F)F)NC1=O.C=C1COC(C(F)(F)F)(C(F)(F)F)N(c2ccc(C(C)(O)C(F)(F)F)cc2)C1=O.C=C1COC(C(F)(F)F)(C(F)(F)F)N(c2cccc(O)c2)C1=O.C=C1COC(C(F)(F)F)NC1=O.C=C1COC(CC(=O)C(F)(F)F)(C(F)(F)F)NC1=O.C=C1COC(CC(O)(C(F)(F)F)C(F)(F)F)(C(F)(F)F)NC1=O. The molecule has 0 saturated carbocycles. The number of aliphatic hydroxyl groups is 2. The van der Waals surface area contributed by atoms with Crippen molar-refractivity contribution >= 4 is 58.6 Å². The number of hydrogen-bond donors (Lipinski definition) is 8. The zero-order valence-electron chi connectivity index (χ0n) is 58.6. The number of ketones is 1. The summed E-state index contributed by atoms with van der Waals surface area (Å²) in [5.74, 6) is -14.0. The quantitative estimate of drug-likeness (QED) is 0.0899. The van der Waals surface area contributed by atoms with Gasteiger partial charge in [-0.05, 0) is 36.8 Å². The number of ether oxygens (including phenoxy) is 6. The average Bonchev–Trinajstić information content (AvgIpc) is 0.713. The lowest BCUT2D eigenvalue weighted by molar-refractivity contribution is -0.396. The number of aromatic hydroxyl groups is 1. The number of carbonyl (C=O) groups is 8. The molecule has 121 heavy (non-hydrogen) atoms. The molecule has 0 aromatic heterocycles. The van der Waals surface area contributed by atoms with Crippen LogP contribution in [0.2, 0.25) is 0 Å². The van der Waals surface area contributed by atoms with E-state index in [1.165, 1.54) is 10.6 Å². The Bertz CT molecular complexity index is 4260. The molecule has 6 aliphatic heterocycles. The number of amides is 6. The van der Waals surface area contributed by atoms with Gasteiger partial charge in [-0.15, -0.1) is 0 Å². The highest BCUT2D eigenvalue weighted by atomic mass is 19.5. The van der Waals surface area contributed by atoms with Gasteiger partial charge in [-0.3, -0.25) is 43.4 Å². The maximum absolute atomic E-state index is 13.5. The highest BCUT2D eigenvalue weighted by molar-refractivity contribution is 6.08. The topological polar surface area (TPSA) is 327 Å². The molecule has 8 rings (SSSR count). The number of nitrogens with one attached hydrogen (secondary N) is 4. The molecular weight excluding hydrogens is 1790 g/mol. The summed E-state index contributed by atoms with van der Waals surface area (Å²) in [5.41, 5.74) is -36.3. The second-order valence-electron chi connectivity index (χ2n) is 24.6. The van der Waals surface area contributed by atoms with Crippen LogP contribution in [0.5, 0.6) is 5.75 Å². The van der Waals surface area contributed by atoms with Crippen molar-refractivity contribution in [2.75, 3.05) is 49.4 Å². The largest absolute Gasteiger partial charge is 0.508 e.